The quantitative estimate of drug-likeness (QED) is 0.830. The van der Waals surface area contributed by atoms with E-state index in [0.29, 0.717) is 18.6 Å². The highest BCUT2D eigenvalue weighted by molar-refractivity contribution is 5.87. The topological polar surface area (TPSA) is 75.6 Å². The molecule has 0 spiro atoms. The Morgan fingerprint density at radius 3 is 2.85 bits per heavy atom. The largest absolute Gasteiger partial charge is 0.480 e. The van der Waals surface area contributed by atoms with Crippen molar-refractivity contribution in [1.29, 1.82) is 0 Å². The van der Waals surface area contributed by atoms with Gasteiger partial charge in [-0.15, -0.1) is 0 Å². The van der Waals surface area contributed by atoms with Gasteiger partial charge in [-0.2, -0.15) is 0 Å². The minimum Gasteiger partial charge on any atom is -0.480 e. The molecule has 0 aliphatic carbocycles. The number of carboxylic acids is 1. The number of fused-ring (bicyclic) bond motifs is 1. The molecule has 1 aliphatic heterocycles. The summed E-state index contributed by atoms with van der Waals surface area (Å²) in [6.07, 6.45) is 1.96. The molecule has 0 aromatic heterocycles. The summed E-state index contributed by atoms with van der Waals surface area (Å²) in [6, 6.07) is 6.63. The van der Waals surface area contributed by atoms with E-state index in [4.69, 9.17) is 9.84 Å². The SMILES string of the molecule is CCCCC(NC(=O)C1Cc2ccccc2O1)C(=O)O. The molecule has 2 atom stereocenters. The highest BCUT2D eigenvalue weighted by Gasteiger charge is 2.31. The second kappa shape index (κ2) is 6.41. The highest BCUT2D eigenvalue weighted by atomic mass is 16.5. The van der Waals surface area contributed by atoms with Crippen LogP contribution >= 0.6 is 0 Å². The number of aliphatic carboxylic acids is 1. The van der Waals surface area contributed by atoms with Crippen LogP contribution in [-0.2, 0) is 16.0 Å². The second-order valence-electron chi connectivity index (χ2n) is 4.96. The molecule has 1 aromatic carbocycles. The molecule has 0 bridgehead atoms. The van der Waals surface area contributed by atoms with E-state index in [1.807, 2.05) is 31.2 Å². The predicted octanol–water partition coefficient (Wildman–Crippen LogP) is 1.75. The molecule has 5 nitrogen and oxygen atoms in total. The Kier molecular flexibility index (Phi) is 4.61. The van der Waals surface area contributed by atoms with Crippen molar-refractivity contribution in [3.05, 3.63) is 29.8 Å². The number of para-hydroxylation sites is 1. The molecule has 20 heavy (non-hydrogen) atoms. The van der Waals surface area contributed by atoms with Gasteiger partial charge in [0.25, 0.3) is 5.91 Å². The Morgan fingerprint density at radius 1 is 1.45 bits per heavy atom. The number of carboxylic acid groups (broad SMARTS) is 1. The van der Waals surface area contributed by atoms with Crippen LogP contribution < -0.4 is 10.1 Å². The van der Waals surface area contributed by atoms with E-state index in [2.05, 4.69) is 5.32 Å². The number of nitrogens with one attached hydrogen (secondary N) is 1. The third-order valence-electron chi connectivity index (χ3n) is 3.40. The average Bonchev–Trinajstić information content (AvgIpc) is 2.86. The maximum Gasteiger partial charge on any atom is 0.326 e. The zero-order valence-corrected chi connectivity index (χ0v) is 11.5. The van der Waals surface area contributed by atoms with Crippen LogP contribution in [0.5, 0.6) is 5.75 Å². The van der Waals surface area contributed by atoms with Gasteiger partial charge in [-0.05, 0) is 18.1 Å². The van der Waals surface area contributed by atoms with Crippen LogP contribution in [0.2, 0.25) is 0 Å². The van der Waals surface area contributed by atoms with Crippen molar-refractivity contribution < 1.29 is 19.4 Å². The first-order chi connectivity index (χ1) is 9.61. The molecule has 2 rings (SSSR count). The Balaban J connectivity index is 1.94. The van der Waals surface area contributed by atoms with Crippen LogP contribution in [0, 0.1) is 0 Å². The molecule has 1 heterocycles. The lowest BCUT2D eigenvalue weighted by Crippen LogP contribution is -2.46. The summed E-state index contributed by atoms with van der Waals surface area (Å²) in [5.74, 6) is -0.653. The Bertz CT molecular complexity index is 475. The molecule has 2 N–H and O–H groups in total. The maximum atomic E-state index is 12.1. The van der Waals surface area contributed by atoms with Gasteiger partial charge in [0, 0.05) is 6.42 Å². The summed E-state index contributed by atoms with van der Waals surface area (Å²) in [5.41, 5.74) is 0.980. The number of rotatable bonds is 6. The Labute approximate surface area is 117 Å². The van der Waals surface area contributed by atoms with Gasteiger partial charge in [-0.1, -0.05) is 38.0 Å². The normalized spacial score (nSPS) is 17.9. The van der Waals surface area contributed by atoms with Gasteiger partial charge in [0.05, 0.1) is 0 Å². The van der Waals surface area contributed by atoms with E-state index in [9.17, 15) is 9.59 Å². The molecule has 2 unspecified atom stereocenters. The van der Waals surface area contributed by atoms with Gasteiger partial charge in [-0.3, -0.25) is 4.79 Å². The number of amides is 1. The Hall–Kier alpha value is -2.04. The number of benzene rings is 1. The van der Waals surface area contributed by atoms with E-state index in [1.54, 1.807) is 0 Å². The molecular formula is C15H19NO4. The fourth-order valence-electron chi connectivity index (χ4n) is 2.26. The third kappa shape index (κ3) is 3.29. The molecule has 108 valence electrons. The first-order valence-corrected chi connectivity index (χ1v) is 6.89. The lowest BCUT2D eigenvalue weighted by molar-refractivity contribution is -0.143. The predicted molar refractivity (Wildman–Crippen MR) is 73.7 cm³/mol. The zero-order valence-electron chi connectivity index (χ0n) is 11.5. The van der Waals surface area contributed by atoms with E-state index in [1.165, 1.54) is 0 Å². The minimum atomic E-state index is -0.998. The highest BCUT2D eigenvalue weighted by Crippen LogP contribution is 2.28. The van der Waals surface area contributed by atoms with Crippen molar-refractivity contribution in [3.63, 3.8) is 0 Å². The second-order valence-corrected chi connectivity index (χ2v) is 4.96. The molecule has 0 radical (unpaired) electrons. The van der Waals surface area contributed by atoms with Gasteiger partial charge >= 0.3 is 5.97 Å². The smallest absolute Gasteiger partial charge is 0.326 e. The van der Waals surface area contributed by atoms with Gasteiger partial charge in [0.2, 0.25) is 0 Å². The number of carbonyl (C=O) groups excluding carboxylic acids is 1. The fraction of sp³-hybridized carbons (Fsp3) is 0.467. The number of carbonyl (C=O) groups is 2. The minimum absolute atomic E-state index is 0.357. The van der Waals surface area contributed by atoms with Crippen molar-refractivity contribution in [3.8, 4) is 5.75 Å². The van der Waals surface area contributed by atoms with E-state index in [-0.39, 0.29) is 5.91 Å². The van der Waals surface area contributed by atoms with Crippen LogP contribution in [-0.4, -0.2) is 29.1 Å². The molecule has 1 amide bonds. The van der Waals surface area contributed by atoms with Gasteiger partial charge in [0.15, 0.2) is 6.10 Å². The van der Waals surface area contributed by atoms with Crippen molar-refractivity contribution >= 4 is 11.9 Å². The molecule has 0 saturated heterocycles. The zero-order chi connectivity index (χ0) is 14.5. The Morgan fingerprint density at radius 2 is 2.20 bits per heavy atom. The summed E-state index contributed by atoms with van der Waals surface area (Å²) in [4.78, 5) is 23.2. The van der Waals surface area contributed by atoms with Crippen LogP contribution in [0.3, 0.4) is 0 Å². The fourth-order valence-corrected chi connectivity index (χ4v) is 2.26. The number of unbranched alkanes of at least 4 members (excludes halogenated alkanes) is 1. The van der Waals surface area contributed by atoms with Crippen molar-refractivity contribution in [1.82, 2.24) is 5.32 Å². The summed E-state index contributed by atoms with van der Waals surface area (Å²) >= 11 is 0. The first-order valence-electron chi connectivity index (χ1n) is 6.89. The molecule has 1 aromatic rings. The standard InChI is InChI=1S/C15H19NO4/c1-2-3-7-11(15(18)19)16-14(17)13-9-10-6-4-5-8-12(10)20-13/h4-6,8,11,13H,2-3,7,9H2,1H3,(H,16,17)(H,18,19). The van der Waals surface area contributed by atoms with Gasteiger partial charge < -0.3 is 15.2 Å². The van der Waals surface area contributed by atoms with Crippen LogP contribution in [0.4, 0.5) is 0 Å². The van der Waals surface area contributed by atoms with E-state index < -0.39 is 18.1 Å². The van der Waals surface area contributed by atoms with Crippen molar-refractivity contribution in [2.24, 2.45) is 0 Å². The van der Waals surface area contributed by atoms with Crippen LogP contribution in [0.15, 0.2) is 24.3 Å². The van der Waals surface area contributed by atoms with Crippen LogP contribution in [0.25, 0.3) is 0 Å². The molecule has 0 saturated carbocycles. The van der Waals surface area contributed by atoms with Crippen molar-refractivity contribution in [2.75, 3.05) is 0 Å². The number of ether oxygens (including phenoxy) is 1. The lowest BCUT2D eigenvalue weighted by Gasteiger charge is -2.17. The molecule has 5 heteroatoms. The van der Waals surface area contributed by atoms with Crippen LogP contribution in [0.1, 0.15) is 31.7 Å². The van der Waals surface area contributed by atoms with Crippen molar-refractivity contribution in [2.45, 2.75) is 44.8 Å². The number of hydrogen-bond donors (Lipinski definition) is 2. The summed E-state index contributed by atoms with van der Waals surface area (Å²) in [5, 5.41) is 11.7. The maximum absolute atomic E-state index is 12.1. The molecule has 0 fully saturated rings. The first kappa shape index (κ1) is 14.4. The molecule has 1 aliphatic rings. The third-order valence-corrected chi connectivity index (χ3v) is 3.40. The van der Waals surface area contributed by atoms with Gasteiger partial charge in [-0.25, -0.2) is 4.79 Å². The summed E-state index contributed by atoms with van der Waals surface area (Å²) in [6.45, 7) is 1.98. The average molecular weight is 277 g/mol. The van der Waals surface area contributed by atoms with Gasteiger partial charge in [0.1, 0.15) is 11.8 Å². The van der Waals surface area contributed by atoms with E-state index >= 15 is 0 Å². The number of hydrogen-bond acceptors (Lipinski definition) is 3. The monoisotopic (exact) mass is 277 g/mol. The molecular weight excluding hydrogens is 258 g/mol. The summed E-state index contributed by atoms with van der Waals surface area (Å²) in [7, 11) is 0. The lowest BCUT2D eigenvalue weighted by atomic mass is 10.1. The summed E-state index contributed by atoms with van der Waals surface area (Å²) < 4.78 is 5.55. The van der Waals surface area contributed by atoms with E-state index in [0.717, 1.165) is 18.4 Å².